The smallest absolute Gasteiger partial charge is 0.350 e. The number of aryl methyl sites for hydroxylation is 2. The number of carboxylic acid groups (broad SMARTS) is 1. The van der Waals surface area contributed by atoms with Crippen molar-refractivity contribution < 1.29 is 41.9 Å². The van der Waals surface area contributed by atoms with Crippen LogP contribution in [0, 0.1) is 6.92 Å². The van der Waals surface area contributed by atoms with Crippen LogP contribution in [0.25, 0.3) is 11.3 Å². The Bertz CT molecular complexity index is 1660. The number of carboxylic acids is 1. The lowest BCUT2D eigenvalue weighted by molar-refractivity contribution is -0.671. The summed E-state index contributed by atoms with van der Waals surface area (Å²) in [5, 5.41) is 24.8. The number of aromatic nitrogens is 5. The van der Waals surface area contributed by atoms with Gasteiger partial charge in [0.15, 0.2) is 33.5 Å². The van der Waals surface area contributed by atoms with Crippen molar-refractivity contribution in [1.82, 2.24) is 29.6 Å². The van der Waals surface area contributed by atoms with Crippen LogP contribution in [-0.4, -0.2) is 83.5 Å². The second kappa shape index (κ2) is 10.8. The van der Waals surface area contributed by atoms with Gasteiger partial charge in [0.1, 0.15) is 24.5 Å². The largest absolute Gasteiger partial charge is 0.731 e. The zero-order valence-corrected chi connectivity index (χ0v) is 23.7. The van der Waals surface area contributed by atoms with Crippen LogP contribution in [-0.2, 0) is 43.1 Å². The number of β-lactam (4-membered cyclic amide) rings is 1. The molecule has 0 aliphatic carbocycles. The van der Waals surface area contributed by atoms with E-state index in [1.165, 1.54) is 30.1 Å². The molecule has 218 valence electrons. The van der Waals surface area contributed by atoms with Gasteiger partial charge in [-0.3, -0.25) is 9.59 Å². The normalized spacial score (nSPS) is 17.7. The molecule has 1 unspecified atom stereocenters. The van der Waals surface area contributed by atoms with Gasteiger partial charge >= 0.3 is 5.97 Å². The minimum atomic E-state index is -5.25. The number of aliphatic carboxylic acids is 1. The fourth-order valence-corrected chi connectivity index (χ4v) is 5.27. The highest BCUT2D eigenvalue weighted by Crippen LogP contribution is 2.26. The maximum atomic E-state index is 13.2. The highest BCUT2D eigenvalue weighted by Gasteiger charge is 2.52. The van der Waals surface area contributed by atoms with Gasteiger partial charge in [-0.1, -0.05) is 10.4 Å². The lowest BCUT2D eigenvalue weighted by atomic mass is 9.98. The molecule has 0 saturated carbocycles. The molecule has 4 rings (SSSR count). The van der Waals surface area contributed by atoms with Crippen molar-refractivity contribution in [2.45, 2.75) is 45.0 Å². The second-order valence-corrected chi connectivity index (χ2v) is 11.7. The Kier molecular flexibility index (Phi) is 7.78. The highest BCUT2D eigenvalue weighted by atomic mass is 32.2. The van der Waals surface area contributed by atoms with Gasteiger partial charge in [0.05, 0.1) is 18.8 Å². The third-order valence-corrected chi connectivity index (χ3v) is 7.65. The molecule has 41 heavy (non-hydrogen) atoms. The first kappa shape index (κ1) is 29.5. The third kappa shape index (κ3) is 6.15. The van der Waals surface area contributed by atoms with Gasteiger partial charge in [0.2, 0.25) is 5.60 Å². The van der Waals surface area contributed by atoms with Crippen LogP contribution < -0.4 is 15.6 Å². The quantitative estimate of drug-likeness (QED) is 0.0789. The molecule has 0 radical (unpaired) electrons. The van der Waals surface area contributed by atoms with E-state index in [0.29, 0.717) is 5.69 Å². The number of rotatable bonds is 10. The fraction of sp³-hybridized carbons (Fsp3) is 0.364. The third-order valence-electron chi connectivity index (χ3n) is 6.04. The van der Waals surface area contributed by atoms with Crippen LogP contribution in [0.1, 0.15) is 25.1 Å². The van der Waals surface area contributed by atoms with Crippen molar-refractivity contribution in [3.8, 4) is 11.3 Å². The molecule has 1 fully saturated rings. The number of hydrogen-bond donors (Lipinski definition) is 3. The number of carbonyl (C=O) groups excluding carboxylic acids is 2. The van der Waals surface area contributed by atoms with E-state index in [1.54, 1.807) is 6.20 Å². The Labute approximate surface area is 237 Å². The molecule has 0 spiro atoms. The lowest BCUT2D eigenvalue weighted by Crippen LogP contribution is -2.73. The maximum Gasteiger partial charge on any atom is 0.350 e. The number of nitrogens with zero attached hydrogens (tertiary/aromatic N) is 7. The van der Waals surface area contributed by atoms with Gasteiger partial charge in [-0.2, -0.15) is 0 Å². The van der Waals surface area contributed by atoms with E-state index in [9.17, 15) is 32.5 Å². The highest BCUT2D eigenvalue weighted by molar-refractivity contribution is 7.84. The molecule has 2 atom stereocenters. The number of amides is 2. The van der Waals surface area contributed by atoms with E-state index in [1.807, 2.05) is 30.8 Å². The average Bonchev–Trinajstić information content (AvgIpc) is 3.50. The monoisotopic (exact) mass is 607 g/mol. The Morgan fingerprint density at radius 3 is 2.68 bits per heavy atom. The van der Waals surface area contributed by atoms with E-state index in [4.69, 9.17) is 10.6 Å². The Morgan fingerprint density at radius 2 is 2.10 bits per heavy atom. The van der Waals surface area contributed by atoms with Crippen molar-refractivity contribution in [2.75, 3.05) is 5.73 Å². The van der Waals surface area contributed by atoms with Crippen LogP contribution in [0.5, 0.6) is 0 Å². The van der Waals surface area contributed by atoms with E-state index in [2.05, 4.69) is 25.8 Å². The Morgan fingerprint density at radius 1 is 1.39 bits per heavy atom. The molecular formula is C22H25N9O8S2. The number of carbonyl (C=O) groups is 3. The molecule has 19 heteroatoms. The van der Waals surface area contributed by atoms with E-state index in [-0.39, 0.29) is 21.7 Å². The number of pyridine rings is 1. The zero-order chi connectivity index (χ0) is 30.3. The van der Waals surface area contributed by atoms with Crippen LogP contribution in [0.2, 0.25) is 0 Å². The van der Waals surface area contributed by atoms with Gasteiger partial charge in [-0.25, -0.2) is 31.8 Å². The summed E-state index contributed by atoms with van der Waals surface area (Å²) < 4.78 is 38.8. The first-order chi connectivity index (χ1) is 19.1. The van der Waals surface area contributed by atoms with Crippen LogP contribution in [0.4, 0.5) is 5.13 Å². The van der Waals surface area contributed by atoms with Crippen molar-refractivity contribution >= 4 is 50.3 Å². The molecule has 4 N–H and O–H groups in total. The molecule has 1 aliphatic rings. The molecule has 2 amide bonds. The number of nitrogens with one attached hydrogen (secondary N) is 1. The number of hydrogen-bond acceptors (Lipinski definition) is 13. The van der Waals surface area contributed by atoms with E-state index in [0.717, 1.165) is 22.5 Å². The predicted molar refractivity (Wildman–Crippen MR) is 139 cm³/mol. The molecule has 17 nitrogen and oxygen atoms in total. The van der Waals surface area contributed by atoms with Crippen LogP contribution in [0.15, 0.2) is 35.2 Å². The molecule has 4 heterocycles. The molecule has 0 bridgehead atoms. The molecule has 1 saturated heterocycles. The minimum absolute atomic E-state index is 0.0589. The summed E-state index contributed by atoms with van der Waals surface area (Å²) in [6, 6.07) is -1.05. The van der Waals surface area contributed by atoms with E-state index >= 15 is 0 Å². The summed E-state index contributed by atoms with van der Waals surface area (Å²) in [4.78, 5) is 46.3. The van der Waals surface area contributed by atoms with Crippen molar-refractivity contribution in [1.29, 1.82) is 0 Å². The van der Waals surface area contributed by atoms with Gasteiger partial charge < -0.3 is 25.5 Å². The van der Waals surface area contributed by atoms with Crippen LogP contribution >= 0.6 is 11.3 Å². The topological polar surface area (TPSA) is 239 Å². The second-order valence-electron chi connectivity index (χ2n) is 9.56. The van der Waals surface area contributed by atoms with Gasteiger partial charge in [-0.15, -0.1) is 16.4 Å². The molecule has 1 aliphatic heterocycles. The van der Waals surface area contributed by atoms with Crippen LogP contribution in [0.3, 0.4) is 0 Å². The summed E-state index contributed by atoms with van der Waals surface area (Å²) >= 11 is 0.956. The summed E-state index contributed by atoms with van der Waals surface area (Å²) in [7, 11) is -3.39. The lowest BCUT2D eigenvalue weighted by Gasteiger charge is -2.47. The fourth-order valence-electron chi connectivity index (χ4n) is 3.87. The zero-order valence-electron chi connectivity index (χ0n) is 22.1. The number of nitrogens with two attached hydrogens (primary N) is 1. The van der Waals surface area contributed by atoms with Gasteiger partial charge in [0, 0.05) is 22.6 Å². The van der Waals surface area contributed by atoms with Gasteiger partial charge in [0.25, 0.3) is 11.8 Å². The Hall–Kier alpha value is -4.49. The Balaban J connectivity index is 1.61. The summed E-state index contributed by atoms with van der Waals surface area (Å²) in [5.41, 5.74) is 5.29. The predicted octanol–water partition coefficient (Wildman–Crippen LogP) is -1.44. The summed E-state index contributed by atoms with van der Waals surface area (Å²) in [6.45, 7) is 3.93. The number of thiazole rings is 1. The minimum Gasteiger partial charge on any atom is -0.731 e. The summed E-state index contributed by atoms with van der Waals surface area (Å²) in [5.74, 6) is -3.63. The van der Waals surface area contributed by atoms with E-state index < -0.39 is 51.5 Å². The molecule has 3 aromatic heterocycles. The first-order valence-electron chi connectivity index (χ1n) is 11.8. The van der Waals surface area contributed by atoms with Crippen molar-refractivity contribution in [2.24, 2.45) is 12.2 Å². The number of oxime groups is 1. The maximum absolute atomic E-state index is 13.2. The summed E-state index contributed by atoms with van der Waals surface area (Å²) in [6.07, 6.45) is 5.18. The van der Waals surface area contributed by atoms with Crippen molar-refractivity contribution in [3.05, 3.63) is 41.3 Å². The number of anilines is 1. The SMILES string of the molecule is Cc1c[n+](C)ccc1-c1cn(CC2[C@H](NC(=O)/C(=N\OC(C)(C)C(=O)O)c3csc(N)n3)C(=O)N2S(=O)(=O)[O-])nn1. The van der Waals surface area contributed by atoms with Crippen molar-refractivity contribution in [3.63, 3.8) is 0 Å². The molecular weight excluding hydrogens is 582 g/mol. The first-order valence-corrected chi connectivity index (χ1v) is 14.0. The standard InChI is InChI=1S/C22H25N9O8S2/c1-11-7-29(4)6-5-12(11)13-8-30(28-26-13)9-15-17(19(33)31(15)41(36,37)38)25-18(32)16(14-10-40-21(23)24-14)27-39-22(2,3)20(34)35/h5-8,10,15,17H,9H2,1-4H3,(H4-,23,24,25,32,34,35,36,37,38)/b27-16-/t15?,17-/m0/s1. The number of nitrogen functional groups attached to an aromatic ring is 1. The van der Waals surface area contributed by atoms with Gasteiger partial charge in [-0.05, 0) is 20.8 Å². The molecule has 0 aromatic carbocycles. The molecule has 3 aromatic rings. The average molecular weight is 608 g/mol.